The van der Waals surface area contributed by atoms with E-state index in [4.69, 9.17) is 11.6 Å². The quantitative estimate of drug-likeness (QED) is 0.882. The van der Waals surface area contributed by atoms with Crippen LogP contribution in [-0.2, 0) is 4.79 Å². The summed E-state index contributed by atoms with van der Waals surface area (Å²) in [4.78, 5) is 14.3. The van der Waals surface area contributed by atoms with Crippen LogP contribution < -0.4 is 15.5 Å². The van der Waals surface area contributed by atoms with E-state index in [2.05, 4.69) is 29.4 Å². The largest absolute Gasteiger partial charge is 0.370 e. The Kier molecular flexibility index (Phi) is 3.84. The molecule has 5 heteroatoms. The average molecular weight is 308 g/mol. The number of fused-ring (bicyclic) bond motifs is 1. The lowest BCUT2D eigenvalue weighted by molar-refractivity contribution is -0.117. The van der Waals surface area contributed by atoms with Gasteiger partial charge in [0, 0.05) is 24.3 Å². The lowest BCUT2D eigenvalue weighted by Crippen LogP contribution is -2.38. The zero-order valence-corrected chi connectivity index (χ0v) is 13.5. The molecule has 3 atom stereocenters. The van der Waals surface area contributed by atoms with Crippen LogP contribution in [0.15, 0.2) is 12.1 Å². The summed E-state index contributed by atoms with van der Waals surface area (Å²) < 4.78 is 0. The van der Waals surface area contributed by atoms with Gasteiger partial charge in [-0.05, 0) is 37.4 Å². The van der Waals surface area contributed by atoms with Crippen molar-refractivity contribution in [3.8, 4) is 0 Å². The maximum Gasteiger partial charge on any atom is 0.246 e. The fourth-order valence-electron chi connectivity index (χ4n) is 3.66. The molecule has 2 aliphatic rings. The number of amides is 1. The Morgan fingerprint density at radius 3 is 2.57 bits per heavy atom. The molecule has 1 amide bonds. The molecule has 0 bridgehead atoms. The normalized spacial score (nSPS) is 28.5. The van der Waals surface area contributed by atoms with Gasteiger partial charge in [0.05, 0.1) is 10.7 Å². The van der Waals surface area contributed by atoms with Crippen molar-refractivity contribution in [2.45, 2.75) is 26.3 Å². The Bertz CT molecular complexity index is 565. The third-order valence-electron chi connectivity index (χ3n) is 4.45. The molecule has 1 fully saturated rings. The van der Waals surface area contributed by atoms with Crippen LogP contribution in [0, 0.1) is 11.8 Å². The SMILES string of the molecule is CNC1C(=O)Nc2cc(N3CC(C)CC(C)C3)c(Cl)cc21. The monoisotopic (exact) mass is 307 g/mol. The van der Waals surface area contributed by atoms with Gasteiger partial charge in [0.25, 0.3) is 0 Å². The van der Waals surface area contributed by atoms with E-state index >= 15 is 0 Å². The van der Waals surface area contributed by atoms with Gasteiger partial charge in [-0.15, -0.1) is 0 Å². The highest BCUT2D eigenvalue weighted by Gasteiger charge is 2.32. The fraction of sp³-hybridized carbons (Fsp3) is 0.562. The van der Waals surface area contributed by atoms with Crippen molar-refractivity contribution < 1.29 is 4.79 Å². The minimum Gasteiger partial charge on any atom is -0.370 e. The molecule has 21 heavy (non-hydrogen) atoms. The molecule has 1 aromatic rings. The van der Waals surface area contributed by atoms with Crippen molar-refractivity contribution in [3.05, 3.63) is 22.7 Å². The summed E-state index contributed by atoms with van der Waals surface area (Å²) in [5.74, 6) is 1.32. The van der Waals surface area contributed by atoms with Crippen LogP contribution in [0.1, 0.15) is 31.9 Å². The first-order valence-corrected chi connectivity index (χ1v) is 7.94. The van der Waals surface area contributed by atoms with E-state index in [1.807, 2.05) is 12.1 Å². The highest BCUT2D eigenvalue weighted by molar-refractivity contribution is 6.33. The summed E-state index contributed by atoms with van der Waals surface area (Å²) >= 11 is 6.50. The van der Waals surface area contributed by atoms with Crippen molar-refractivity contribution in [3.63, 3.8) is 0 Å². The van der Waals surface area contributed by atoms with E-state index in [9.17, 15) is 4.79 Å². The number of hydrogen-bond acceptors (Lipinski definition) is 3. The van der Waals surface area contributed by atoms with E-state index in [0.29, 0.717) is 11.8 Å². The number of nitrogens with one attached hydrogen (secondary N) is 2. The first-order valence-electron chi connectivity index (χ1n) is 7.56. The van der Waals surface area contributed by atoms with Crippen molar-refractivity contribution in [1.82, 2.24) is 5.32 Å². The molecular weight excluding hydrogens is 286 g/mol. The van der Waals surface area contributed by atoms with Gasteiger partial charge in [0.1, 0.15) is 6.04 Å². The number of rotatable bonds is 2. The number of carbonyl (C=O) groups excluding carboxylic acids is 1. The number of piperidine rings is 1. The molecule has 2 aliphatic heterocycles. The van der Waals surface area contributed by atoms with Crippen LogP contribution in [0.25, 0.3) is 0 Å². The van der Waals surface area contributed by atoms with Crippen molar-refractivity contribution in [2.24, 2.45) is 11.8 Å². The number of likely N-dealkylation sites (N-methyl/N-ethyl adjacent to an activating group) is 1. The van der Waals surface area contributed by atoms with Crippen LogP contribution in [0.4, 0.5) is 11.4 Å². The minimum absolute atomic E-state index is 0.0129. The third kappa shape index (κ3) is 2.62. The number of anilines is 2. The lowest BCUT2D eigenvalue weighted by atomic mass is 9.91. The second kappa shape index (κ2) is 5.50. The number of benzene rings is 1. The Balaban J connectivity index is 1.95. The number of hydrogen-bond donors (Lipinski definition) is 2. The number of halogens is 1. The molecule has 1 aromatic carbocycles. The molecule has 4 nitrogen and oxygen atoms in total. The topological polar surface area (TPSA) is 44.4 Å². The minimum atomic E-state index is -0.300. The summed E-state index contributed by atoms with van der Waals surface area (Å²) in [5.41, 5.74) is 2.85. The zero-order chi connectivity index (χ0) is 15.1. The van der Waals surface area contributed by atoms with Crippen LogP contribution >= 0.6 is 11.6 Å². The Labute approximate surface area is 130 Å². The molecule has 3 unspecified atom stereocenters. The number of nitrogens with zero attached hydrogens (tertiary/aromatic N) is 1. The van der Waals surface area contributed by atoms with Gasteiger partial charge in [-0.25, -0.2) is 0 Å². The predicted octanol–water partition coefficient (Wildman–Crippen LogP) is 3.03. The number of carbonyl (C=O) groups is 1. The smallest absolute Gasteiger partial charge is 0.246 e. The molecule has 0 saturated carbocycles. The predicted molar refractivity (Wildman–Crippen MR) is 87.0 cm³/mol. The summed E-state index contributed by atoms with van der Waals surface area (Å²) in [7, 11) is 1.79. The molecule has 3 rings (SSSR count). The van der Waals surface area contributed by atoms with Gasteiger partial charge < -0.3 is 15.5 Å². The molecule has 2 heterocycles. The molecule has 0 radical (unpaired) electrons. The molecule has 2 N–H and O–H groups in total. The molecule has 114 valence electrons. The van der Waals surface area contributed by atoms with Gasteiger partial charge in [-0.2, -0.15) is 0 Å². The zero-order valence-electron chi connectivity index (χ0n) is 12.7. The van der Waals surface area contributed by atoms with Crippen molar-refractivity contribution >= 4 is 28.9 Å². The lowest BCUT2D eigenvalue weighted by Gasteiger charge is -2.37. The van der Waals surface area contributed by atoms with E-state index in [1.54, 1.807) is 7.05 Å². The molecule has 0 aliphatic carbocycles. The second-order valence-corrected chi connectivity index (χ2v) is 6.86. The first-order chi connectivity index (χ1) is 9.99. The third-order valence-corrected chi connectivity index (χ3v) is 4.75. The summed E-state index contributed by atoms with van der Waals surface area (Å²) in [6, 6.07) is 3.65. The molecule has 1 saturated heterocycles. The Hall–Kier alpha value is -1.26. The van der Waals surface area contributed by atoms with Crippen LogP contribution in [0.5, 0.6) is 0 Å². The van der Waals surface area contributed by atoms with Crippen molar-refractivity contribution in [1.29, 1.82) is 0 Å². The molecule has 0 aromatic heterocycles. The van der Waals surface area contributed by atoms with Gasteiger partial charge in [0.15, 0.2) is 0 Å². The standard InChI is InChI=1S/C16H22ClN3O/c1-9-4-10(2)8-20(7-9)14-6-13-11(5-12(14)17)15(18-3)16(21)19-13/h5-6,9-10,15,18H,4,7-8H2,1-3H3,(H,19,21). The van der Waals surface area contributed by atoms with Crippen LogP contribution in [-0.4, -0.2) is 26.0 Å². The summed E-state index contributed by atoms with van der Waals surface area (Å²) in [6.45, 7) is 6.60. The van der Waals surface area contributed by atoms with Crippen LogP contribution in [0.3, 0.4) is 0 Å². The second-order valence-electron chi connectivity index (χ2n) is 6.45. The van der Waals surface area contributed by atoms with Gasteiger partial charge >= 0.3 is 0 Å². The highest BCUT2D eigenvalue weighted by Crippen LogP contribution is 2.40. The molecular formula is C16H22ClN3O. The van der Waals surface area contributed by atoms with E-state index < -0.39 is 0 Å². The Morgan fingerprint density at radius 2 is 1.95 bits per heavy atom. The van der Waals surface area contributed by atoms with Crippen molar-refractivity contribution in [2.75, 3.05) is 30.4 Å². The van der Waals surface area contributed by atoms with Gasteiger partial charge in [0.2, 0.25) is 5.91 Å². The van der Waals surface area contributed by atoms with E-state index in [-0.39, 0.29) is 11.9 Å². The van der Waals surface area contributed by atoms with Crippen LogP contribution in [0.2, 0.25) is 5.02 Å². The van der Waals surface area contributed by atoms with E-state index in [0.717, 1.165) is 35.1 Å². The van der Waals surface area contributed by atoms with Gasteiger partial charge in [-0.3, -0.25) is 4.79 Å². The maximum absolute atomic E-state index is 11.9. The summed E-state index contributed by atoms with van der Waals surface area (Å²) in [6.07, 6.45) is 1.26. The highest BCUT2D eigenvalue weighted by atomic mass is 35.5. The maximum atomic E-state index is 11.9. The fourth-order valence-corrected chi connectivity index (χ4v) is 3.95. The Morgan fingerprint density at radius 1 is 1.29 bits per heavy atom. The van der Waals surface area contributed by atoms with E-state index in [1.165, 1.54) is 6.42 Å². The summed E-state index contributed by atoms with van der Waals surface area (Å²) in [5, 5.41) is 6.70. The first kappa shape index (κ1) is 14.7. The average Bonchev–Trinajstić information content (AvgIpc) is 2.71. The van der Waals surface area contributed by atoms with Gasteiger partial charge in [-0.1, -0.05) is 25.4 Å². The molecule has 0 spiro atoms.